The molecule has 4 N–H and O–H groups in total. The molecular formula is C16H16N2O5. The quantitative estimate of drug-likeness (QED) is 0.245. The number of carbonyl (C=O) groups is 2. The SMILES string of the molecule is NNC(=O)OCCOc1ccc(C(=O)c2ccccc2)c(O)c1. The van der Waals surface area contributed by atoms with Gasteiger partial charge in [-0.1, -0.05) is 30.3 Å². The van der Waals surface area contributed by atoms with E-state index in [1.54, 1.807) is 36.4 Å². The summed E-state index contributed by atoms with van der Waals surface area (Å²) in [5.41, 5.74) is 2.48. The number of nitrogens with two attached hydrogens (primary N) is 1. The Bertz CT molecular complexity index is 688. The van der Waals surface area contributed by atoms with Crippen LogP contribution in [-0.2, 0) is 4.74 Å². The van der Waals surface area contributed by atoms with E-state index in [4.69, 9.17) is 10.6 Å². The van der Waals surface area contributed by atoms with Gasteiger partial charge in [0.2, 0.25) is 0 Å². The van der Waals surface area contributed by atoms with Crippen LogP contribution in [0.5, 0.6) is 11.5 Å². The Morgan fingerprint density at radius 3 is 2.48 bits per heavy atom. The average molecular weight is 316 g/mol. The molecule has 1 amide bonds. The monoisotopic (exact) mass is 316 g/mol. The number of ether oxygens (including phenoxy) is 2. The van der Waals surface area contributed by atoms with Crippen molar-refractivity contribution >= 4 is 11.9 Å². The number of nitrogens with one attached hydrogen (secondary N) is 1. The fourth-order valence-corrected chi connectivity index (χ4v) is 1.87. The number of hydrogen-bond donors (Lipinski definition) is 3. The molecule has 7 nitrogen and oxygen atoms in total. The summed E-state index contributed by atoms with van der Waals surface area (Å²) in [6.45, 7) is 0.0767. The summed E-state index contributed by atoms with van der Waals surface area (Å²) in [5, 5.41) is 9.99. The number of aromatic hydroxyl groups is 1. The van der Waals surface area contributed by atoms with Crippen molar-refractivity contribution in [2.45, 2.75) is 0 Å². The molecule has 0 saturated heterocycles. The predicted molar refractivity (Wildman–Crippen MR) is 82.1 cm³/mol. The lowest BCUT2D eigenvalue weighted by molar-refractivity contribution is 0.103. The Balaban J connectivity index is 1.98. The summed E-state index contributed by atoms with van der Waals surface area (Å²) >= 11 is 0. The van der Waals surface area contributed by atoms with E-state index in [1.165, 1.54) is 12.1 Å². The molecule has 0 radical (unpaired) electrons. The number of ketones is 1. The maximum absolute atomic E-state index is 12.3. The summed E-state index contributed by atoms with van der Waals surface area (Å²) < 4.78 is 9.95. The maximum Gasteiger partial charge on any atom is 0.421 e. The maximum atomic E-state index is 12.3. The topological polar surface area (TPSA) is 111 Å². The molecule has 23 heavy (non-hydrogen) atoms. The molecule has 2 aromatic rings. The van der Waals surface area contributed by atoms with E-state index in [9.17, 15) is 14.7 Å². The second-order valence-corrected chi connectivity index (χ2v) is 4.50. The third-order valence-electron chi connectivity index (χ3n) is 2.95. The summed E-state index contributed by atoms with van der Waals surface area (Å²) in [6.07, 6.45) is -0.764. The van der Waals surface area contributed by atoms with Crippen LogP contribution in [0.2, 0.25) is 0 Å². The molecule has 0 bridgehead atoms. The molecule has 2 rings (SSSR count). The van der Waals surface area contributed by atoms with Gasteiger partial charge in [-0.25, -0.2) is 10.6 Å². The van der Waals surface area contributed by atoms with Crippen LogP contribution in [0.1, 0.15) is 15.9 Å². The number of hydrogen-bond acceptors (Lipinski definition) is 6. The highest BCUT2D eigenvalue weighted by Gasteiger charge is 2.14. The first kappa shape index (κ1) is 16.3. The minimum absolute atomic E-state index is 0.00546. The zero-order valence-electron chi connectivity index (χ0n) is 12.2. The van der Waals surface area contributed by atoms with Crippen LogP contribution < -0.4 is 16.0 Å². The van der Waals surface area contributed by atoms with Gasteiger partial charge in [0.1, 0.15) is 24.7 Å². The van der Waals surface area contributed by atoms with Crippen LogP contribution in [0.15, 0.2) is 48.5 Å². The lowest BCUT2D eigenvalue weighted by atomic mass is 10.0. The molecule has 0 heterocycles. The number of phenols is 1. The number of benzene rings is 2. The molecule has 0 aromatic heterocycles. The van der Waals surface area contributed by atoms with Gasteiger partial charge in [0.25, 0.3) is 0 Å². The first-order chi connectivity index (χ1) is 11.1. The van der Waals surface area contributed by atoms with Crippen LogP contribution in [0, 0.1) is 0 Å². The van der Waals surface area contributed by atoms with Gasteiger partial charge >= 0.3 is 6.09 Å². The van der Waals surface area contributed by atoms with Gasteiger partial charge in [-0.05, 0) is 12.1 Å². The summed E-state index contributed by atoms with van der Waals surface area (Å²) in [5.74, 6) is 4.74. The fraction of sp³-hybridized carbons (Fsp3) is 0.125. The third kappa shape index (κ3) is 4.45. The molecule has 0 aliphatic carbocycles. The van der Waals surface area contributed by atoms with Crippen molar-refractivity contribution in [1.82, 2.24) is 5.43 Å². The first-order valence-electron chi connectivity index (χ1n) is 6.80. The average Bonchev–Trinajstić information content (AvgIpc) is 2.58. The highest BCUT2D eigenvalue weighted by molar-refractivity contribution is 6.10. The van der Waals surface area contributed by atoms with Crippen molar-refractivity contribution in [1.29, 1.82) is 0 Å². The summed E-state index contributed by atoms with van der Waals surface area (Å²) in [7, 11) is 0. The molecule has 0 fully saturated rings. The molecule has 0 saturated carbocycles. The normalized spacial score (nSPS) is 9.96. The van der Waals surface area contributed by atoms with E-state index in [1.807, 2.05) is 5.43 Å². The van der Waals surface area contributed by atoms with Crippen molar-refractivity contribution in [3.05, 3.63) is 59.7 Å². The van der Waals surface area contributed by atoms with Gasteiger partial charge in [-0.2, -0.15) is 0 Å². The number of hydrazine groups is 1. The van der Waals surface area contributed by atoms with Crippen LogP contribution in [-0.4, -0.2) is 30.2 Å². The van der Waals surface area contributed by atoms with E-state index < -0.39 is 6.09 Å². The second kappa shape index (κ2) is 7.81. The van der Waals surface area contributed by atoms with Gasteiger partial charge in [0.05, 0.1) is 5.56 Å². The van der Waals surface area contributed by atoms with Crippen LogP contribution in [0.3, 0.4) is 0 Å². The van der Waals surface area contributed by atoms with Crippen molar-refractivity contribution in [2.75, 3.05) is 13.2 Å². The minimum Gasteiger partial charge on any atom is -0.507 e. The van der Waals surface area contributed by atoms with Crippen molar-refractivity contribution in [3.63, 3.8) is 0 Å². The zero-order valence-corrected chi connectivity index (χ0v) is 12.2. The van der Waals surface area contributed by atoms with Crippen LogP contribution in [0.25, 0.3) is 0 Å². The zero-order chi connectivity index (χ0) is 16.7. The Morgan fingerprint density at radius 2 is 1.83 bits per heavy atom. The van der Waals surface area contributed by atoms with Crippen LogP contribution in [0.4, 0.5) is 4.79 Å². The van der Waals surface area contributed by atoms with Gasteiger partial charge in [0.15, 0.2) is 5.78 Å². The molecule has 7 heteroatoms. The second-order valence-electron chi connectivity index (χ2n) is 4.50. The third-order valence-corrected chi connectivity index (χ3v) is 2.95. The highest BCUT2D eigenvalue weighted by Crippen LogP contribution is 2.25. The van der Waals surface area contributed by atoms with Crippen molar-refractivity contribution in [2.24, 2.45) is 5.84 Å². The number of amides is 1. The van der Waals surface area contributed by atoms with Gasteiger partial charge in [-0.3, -0.25) is 10.2 Å². The molecule has 0 atom stereocenters. The standard InChI is InChI=1S/C16H16N2O5/c17-18-16(21)23-9-8-22-12-6-7-13(14(19)10-12)15(20)11-4-2-1-3-5-11/h1-7,10,19H,8-9,17H2,(H,18,21). The van der Waals surface area contributed by atoms with Crippen molar-refractivity contribution < 1.29 is 24.2 Å². The fourth-order valence-electron chi connectivity index (χ4n) is 1.87. The van der Waals surface area contributed by atoms with E-state index >= 15 is 0 Å². The summed E-state index contributed by atoms with van der Waals surface area (Å²) in [6, 6.07) is 13.0. The largest absolute Gasteiger partial charge is 0.507 e. The lowest BCUT2D eigenvalue weighted by Gasteiger charge is -2.09. The predicted octanol–water partition coefficient (Wildman–Crippen LogP) is 1.60. The molecule has 0 aliphatic heterocycles. The number of carbonyl (C=O) groups excluding carboxylic acids is 2. The van der Waals surface area contributed by atoms with Crippen LogP contribution >= 0.6 is 0 Å². The molecule has 0 aliphatic rings. The summed E-state index contributed by atoms with van der Waals surface area (Å²) in [4.78, 5) is 23.0. The lowest BCUT2D eigenvalue weighted by Crippen LogP contribution is -2.31. The van der Waals surface area contributed by atoms with Gasteiger partial charge in [-0.15, -0.1) is 0 Å². The molecular weight excluding hydrogens is 300 g/mol. The first-order valence-corrected chi connectivity index (χ1v) is 6.80. The van der Waals surface area contributed by atoms with E-state index in [2.05, 4.69) is 4.74 Å². The van der Waals surface area contributed by atoms with E-state index in [0.717, 1.165) is 0 Å². The van der Waals surface area contributed by atoms with E-state index in [0.29, 0.717) is 11.3 Å². The Hall–Kier alpha value is -3.06. The Kier molecular flexibility index (Phi) is 5.54. The van der Waals surface area contributed by atoms with Gasteiger partial charge in [0, 0.05) is 11.6 Å². The number of phenolic OH excluding ortho intramolecular Hbond substituents is 1. The highest BCUT2D eigenvalue weighted by atomic mass is 16.6. The molecule has 0 spiro atoms. The minimum atomic E-state index is -0.764. The number of rotatable bonds is 6. The smallest absolute Gasteiger partial charge is 0.421 e. The molecule has 120 valence electrons. The molecule has 2 aromatic carbocycles. The van der Waals surface area contributed by atoms with E-state index in [-0.39, 0.29) is 30.3 Å². The van der Waals surface area contributed by atoms with Gasteiger partial charge < -0.3 is 14.6 Å². The Labute approximate surface area is 132 Å². The van der Waals surface area contributed by atoms with Crippen molar-refractivity contribution in [3.8, 4) is 11.5 Å². The molecule has 0 unspecified atom stereocenters. The Morgan fingerprint density at radius 1 is 1.09 bits per heavy atom.